The van der Waals surface area contributed by atoms with Crippen LogP contribution in [0.2, 0.25) is 0 Å². The van der Waals surface area contributed by atoms with Gasteiger partial charge in [0, 0.05) is 31.4 Å². The van der Waals surface area contributed by atoms with Crippen molar-refractivity contribution in [2.75, 3.05) is 13.7 Å². The van der Waals surface area contributed by atoms with Crippen LogP contribution < -0.4 is 4.74 Å². The van der Waals surface area contributed by atoms with Crippen LogP contribution >= 0.6 is 0 Å². The highest BCUT2D eigenvalue weighted by atomic mass is 16.5. The van der Waals surface area contributed by atoms with Crippen molar-refractivity contribution in [2.24, 2.45) is 11.3 Å². The second-order valence-corrected chi connectivity index (χ2v) is 9.72. The fraction of sp³-hybridized carbons (Fsp3) is 0.577. The van der Waals surface area contributed by atoms with Crippen molar-refractivity contribution < 1.29 is 9.53 Å². The summed E-state index contributed by atoms with van der Waals surface area (Å²) in [5, 5.41) is 0. The van der Waals surface area contributed by atoms with Crippen LogP contribution in [0.4, 0.5) is 0 Å². The van der Waals surface area contributed by atoms with E-state index in [0.29, 0.717) is 18.9 Å². The van der Waals surface area contributed by atoms with Gasteiger partial charge in [0.1, 0.15) is 5.75 Å². The van der Waals surface area contributed by atoms with Gasteiger partial charge in [-0.3, -0.25) is 4.79 Å². The smallest absolute Gasteiger partial charge is 0.223 e. The summed E-state index contributed by atoms with van der Waals surface area (Å²) < 4.78 is 7.59. The number of hydrogen-bond acceptors (Lipinski definition) is 2. The molecule has 0 aliphatic heterocycles. The third-order valence-electron chi connectivity index (χ3n) is 5.38. The average molecular weight is 413 g/mol. The van der Waals surface area contributed by atoms with Gasteiger partial charge in [0.15, 0.2) is 0 Å². The number of rotatable bonds is 11. The van der Waals surface area contributed by atoms with Crippen molar-refractivity contribution in [3.8, 4) is 5.75 Å². The molecule has 0 aliphatic carbocycles. The molecule has 4 heteroatoms. The van der Waals surface area contributed by atoms with Gasteiger partial charge < -0.3 is 14.2 Å². The van der Waals surface area contributed by atoms with Crippen LogP contribution in [0.25, 0.3) is 0 Å². The Kier molecular flexibility index (Phi) is 9.01. The lowest BCUT2D eigenvalue weighted by Gasteiger charge is -2.27. The summed E-state index contributed by atoms with van der Waals surface area (Å²) in [5.41, 5.74) is 2.61. The number of aromatic nitrogens is 1. The molecule has 166 valence electrons. The van der Waals surface area contributed by atoms with Crippen LogP contribution in [0.15, 0.2) is 42.6 Å². The van der Waals surface area contributed by atoms with E-state index in [0.717, 1.165) is 38.1 Å². The summed E-state index contributed by atoms with van der Waals surface area (Å²) in [6, 6.07) is 12.4. The van der Waals surface area contributed by atoms with Crippen molar-refractivity contribution in [1.29, 1.82) is 0 Å². The first-order valence-corrected chi connectivity index (χ1v) is 11.3. The second kappa shape index (κ2) is 11.2. The Balaban J connectivity index is 2.09. The van der Waals surface area contributed by atoms with E-state index in [-0.39, 0.29) is 11.3 Å². The van der Waals surface area contributed by atoms with Crippen molar-refractivity contribution >= 4 is 5.91 Å². The van der Waals surface area contributed by atoms with Crippen LogP contribution in [0.5, 0.6) is 5.75 Å². The predicted molar refractivity (Wildman–Crippen MR) is 125 cm³/mol. The molecule has 1 aromatic heterocycles. The van der Waals surface area contributed by atoms with Gasteiger partial charge in [0.25, 0.3) is 0 Å². The van der Waals surface area contributed by atoms with E-state index in [1.165, 1.54) is 11.3 Å². The van der Waals surface area contributed by atoms with Crippen LogP contribution in [0, 0.1) is 11.3 Å². The maximum Gasteiger partial charge on any atom is 0.223 e. The summed E-state index contributed by atoms with van der Waals surface area (Å²) in [6.45, 7) is 13.4. The molecule has 0 aliphatic rings. The molecule has 2 rings (SSSR count). The first-order valence-electron chi connectivity index (χ1n) is 11.3. The molecule has 0 saturated heterocycles. The second-order valence-electron chi connectivity index (χ2n) is 9.72. The number of nitrogens with zero attached hydrogens (tertiary/aromatic N) is 2. The van der Waals surface area contributed by atoms with E-state index >= 15 is 0 Å². The Bertz CT molecular complexity index is 788. The summed E-state index contributed by atoms with van der Waals surface area (Å²) in [6.07, 6.45) is 5.91. The Labute approximate surface area is 183 Å². The molecule has 0 radical (unpaired) electrons. The summed E-state index contributed by atoms with van der Waals surface area (Å²) >= 11 is 0. The fourth-order valence-corrected chi connectivity index (χ4v) is 4.10. The Morgan fingerprint density at radius 3 is 2.63 bits per heavy atom. The first kappa shape index (κ1) is 24.0. The summed E-state index contributed by atoms with van der Waals surface area (Å²) in [7, 11) is 1.69. The van der Waals surface area contributed by atoms with Crippen LogP contribution in [-0.4, -0.2) is 29.0 Å². The number of unbranched alkanes of at least 4 members (excludes halogenated alkanes) is 1. The zero-order chi connectivity index (χ0) is 22.1. The number of amides is 1. The maximum atomic E-state index is 13.1. The number of hydrogen-bond donors (Lipinski definition) is 0. The van der Waals surface area contributed by atoms with Gasteiger partial charge >= 0.3 is 0 Å². The topological polar surface area (TPSA) is 34.5 Å². The van der Waals surface area contributed by atoms with E-state index in [1.807, 2.05) is 12.1 Å². The Morgan fingerprint density at radius 1 is 1.20 bits per heavy atom. The molecule has 2 aromatic rings. The number of carbonyl (C=O) groups is 1. The highest BCUT2D eigenvalue weighted by Gasteiger charge is 2.21. The van der Waals surface area contributed by atoms with Crippen molar-refractivity contribution in [3.05, 3.63) is 53.9 Å². The lowest BCUT2D eigenvalue weighted by atomic mass is 9.84. The van der Waals surface area contributed by atoms with E-state index in [4.69, 9.17) is 4.74 Å². The number of carbonyl (C=O) groups excluding carboxylic acids is 1. The van der Waals surface area contributed by atoms with Crippen LogP contribution in [0.3, 0.4) is 0 Å². The molecule has 0 saturated carbocycles. The lowest BCUT2D eigenvalue weighted by molar-refractivity contribution is -0.133. The number of benzene rings is 1. The van der Waals surface area contributed by atoms with Gasteiger partial charge in [-0.2, -0.15) is 0 Å². The normalized spacial score (nSPS) is 12.6. The highest BCUT2D eigenvalue weighted by molar-refractivity contribution is 5.76. The molecule has 0 spiro atoms. The quantitative estimate of drug-likeness (QED) is 0.444. The first-order chi connectivity index (χ1) is 14.2. The van der Waals surface area contributed by atoms with Gasteiger partial charge in [0.2, 0.25) is 5.91 Å². The zero-order valence-corrected chi connectivity index (χ0v) is 19.8. The van der Waals surface area contributed by atoms with Gasteiger partial charge in [-0.15, -0.1) is 0 Å². The third-order valence-corrected chi connectivity index (χ3v) is 5.38. The fourth-order valence-electron chi connectivity index (χ4n) is 4.10. The Hall–Kier alpha value is -2.23. The van der Waals surface area contributed by atoms with Crippen LogP contribution in [-0.2, 0) is 17.9 Å². The van der Waals surface area contributed by atoms with Gasteiger partial charge in [-0.1, -0.05) is 53.2 Å². The van der Waals surface area contributed by atoms with Gasteiger partial charge in [-0.05, 0) is 54.0 Å². The van der Waals surface area contributed by atoms with E-state index in [1.54, 1.807) is 7.11 Å². The van der Waals surface area contributed by atoms with E-state index in [9.17, 15) is 4.79 Å². The standard InChI is InChI=1S/C26H40N2O2/c1-7-8-14-28(25(29)16-21(2)18-26(3,4)5)20-23-12-10-15-27(23)19-22-11-9-13-24(17-22)30-6/h9-13,15,17,21H,7-8,14,16,18-20H2,1-6H3. The SMILES string of the molecule is CCCCN(Cc1cccn1Cc1cccc(OC)c1)C(=O)CC(C)CC(C)(C)C. The molecule has 1 aromatic carbocycles. The molecular formula is C26H40N2O2. The molecule has 1 atom stereocenters. The molecule has 0 N–H and O–H groups in total. The molecule has 4 nitrogen and oxygen atoms in total. The summed E-state index contributed by atoms with van der Waals surface area (Å²) in [5.74, 6) is 1.54. The zero-order valence-electron chi connectivity index (χ0n) is 19.8. The largest absolute Gasteiger partial charge is 0.497 e. The third kappa shape index (κ3) is 7.89. The molecule has 0 bridgehead atoms. The molecule has 1 heterocycles. The van der Waals surface area contributed by atoms with Gasteiger partial charge in [-0.25, -0.2) is 0 Å². The van der Waals surface area contributed by atoms with E-state index in [2.05, 4.69) is 74.5 Å². The monoisotopic (exact) mass is 412 g/mol. The molecule has 1 unspecified atom stereocenters. The predicted octanol–water partition coefficient (Wildman–Crippen LogP) is 6.14. The average Bonchev–Trinajstić information content (AvgIpc) is 3.10. The summed E-state index contributed by atoms with van der Waals surface area (Å²) in [4.78, 5) is 15.2. The molecule has 30 heavy (non-hydrogen) atoms. The molecule has 1 amide bonds. The minimum atomic E-state index is 0.249. The highest BCUT2D eigenvalue weighted by Crippen LogP contribution is 2.26. The number of methoxy groups -OCH3 is 1. The van der Waals surface area contributed by atoms with Crippen molar-refractivity contribution in [3.63, 3.8) is 0 Å². The van der Waals surface area contributed by atoms with Crippen molar-refractivity contribution in [2.45, 2.75) is 73.4 Å². The number of ether oxygens (including phenoxy) is 1. The minimum absolute atomic E-state index is 0.249. The lowest BCUT2D eigenvalue weighted by Crippen LogP contribution is -2.33. The van der Waals surface area contributed by atoms with Gasteiger partial charge in [0.05, 0.1) is 13.7 Å². The molecular weight excluding hydrogens is 372 g/mol. The van der Waals surface area contributed by atoms with E-state index < -0.39 is 0 Å². The van der Waals surface area contributed by atoms with Crippen LogP contribution in [0.1, 0.15) is 71.6 Å². The minimum Gasteiger partial charge on any atom is -0.497 e. The maximum absolute atomic E-state index is 13.1. The van der Waals surface area contributed by atoms with Crippen molar-refractivity contribution in [1.82, 2.24) is 9.47 Å². The Morgan fingerprint density at radius 2 is 1.97 bits per heavy atom. The molecule has 0 fully saturated rings.